The summed E-state index contributed by atoms with van der Waals surface area (Å²) in [6.45, 7) is 10.3. The first-order valence-electron chi connectivity index (χ1n) is 6.97. The Morgan fingerprint density at radius 1 is 1.12 bits per heavy atom. The average Bonchev–Trinajstić information content (AvgIpc) is 2.69. The molecular formula is C14H30N2. The summed E-state index contributed by atoms with van der Waals surface area (Å²) in [7, 11) is 0. The smallest absolute Gasteiger partial charge is 0.00952 e. The van der Waals surface area contributed by atoms with Crippen molar-refractivity contribution in [3.63, 3.8) is 0 Å². The Bertz CT molecular complexity index is 178. The summed E-state index contributed by atoms with van der Waals surface area (Å²) in [6.07, 6.45) is 8.14. The predicted octanol–water partition coefficient (Wildman–Crippen LogP) is 3.02. The molecule has 0 heterocycles. The minimum Gasteiger partial charge on any atom is -0.330 e. The van der Waals surface area contributed by atoms with Crippen LogP contribution in [0.4, 0.5) is 0 Å². The predicted molar refractivity (Wildman–Crippen MR) is 71.6 cm³/mol. The first-order chi connectivity index (χ1) is 7.53. The summed E-state index contributed by atoms with van der Waals surface area (Å²) in [6, 6.07) is 0.855. The molecule has 2 N–H and O–H groups in total. The van der Waals surface area contributed by atoms with Crippen molar-refractivity contribution in [2.45, 2.75) is 65.3 Å². The van der Waals surface area contributed by atoms with Crippen LogP contribution in [0.25, 0.3) is 0 Å². The Balaban J connectivity index is 2.36. The van der Waals surface area contributed by atoms with Gasteiger partial charge in [-0.25, -0.2) is 0 Å². The van der Waals surface area contributed by atoms with Crippen LogP contribution < -0.4 is 5.73 Å². The van der Waals surface area contributed by atoms with Crippen molar-refractivity contribution >= 4 is 0 Å². The lowest BCUT2D eigenvalue weighted by Crippen LogP contribution is -2.37. The quantitative estimate of drug-likeness (QED) is 0.754. The number of nitrogens with two attached hydrogens (primary N) is 1. The maximum absolute atomic E-state index is 5.63. The SMILES string of the molecule is CC(C)(C)CCN(CCCN)C1CCCC1. The summed E-state index contributed by atoms with van der Waals surface area (Å²) < 4.78 is 0. The third kappa shape index (κ3) is 5.31. The Morgan fingerprint density at radius 2 is 1.75 bits per heavy atom. The molecule has 1 aliphatic rings. The zero-order valence-electron chi connectivity index (χ0n) is 11.5. The molecule has 96 valence electrons. The van der Waals surface area contributed by atoms with Gasteiger partial charge in [-0.1, -0.05) is 33.6 Å². The van der Waals surface area contributed by atoms with Crippen LogP contribution in [0.1, 0.15) is 59.3 Å². The second kappa shape index (κ2) is 6.61. The van der Waals surface area contributed by atoms with Crippen LogP contribution in [0.3, 0.4) is 0 Å². The van der Waals surface area contributed by atoms with E-state index < -0.39 is 0 Å². The lowest BCUT2D eigenvalue weighted by molar-refractivity contribution is 0.170. The molecule has 1 saturated carbocycles. The van der Waals surface area contributed by atoms with Crippen molar-refractivity contribution in [2.75, 3.05) is 19.6 Å². The van der Waals surface area contributed by atoms with E-state index in [0.717, 1.165) is 19.0 Å². The maximum Gasteiger partial charge on any atom is 0.00952 e. The summed E-state index contributed by atoms with van der Waals surface area (Å²) in [5.41, 5.74) is 6.09. The fraction of sp³-hybridized carbons (Fsp3) is 1.00. The molecule has 0 atom stereocenters. The van der Waals surface area contributed by atoms with Crippen LogP contribution in [0.15, 0.2) is 0 Å². The van der Waals surface area contributed by atoms with E-state index >= 15 is 0 Å². The molecule has 0 aliphatic heterocycles. The molecule has 2 nitrogen and oxygen atoms in total. The fourth-order valence-electron chi connectivity index (χ4n) is 2.52. The second-order valence-electron chi connectivity index (χ2n) is 6.43. The van der Waals surface area contributed by atoms with Crippen LogP contribution in [0.5, 0.6) is 0 Å². The highest BCUT2D eigenvalue weighted by Gasteiger charge is 2.23. The molecule has 0 unspecified atom stereocenters. The van der Waals surface area contributed by atoms with E-state index in [2.05, 4.69) is 25.7 Å². The van der Waals surface area contributed by atoms with E-state index in [1.165, 1.54) is 45.2 Å². The largest absolute Gasteiger partial charge is 0.330 e. The highest BCUT2D eigenvalue weighted by molar-refractivity contribution is 4.78. The molecule has 0 spiro atoms. The lowest BCUT2D eigenvalue weighted by atomic mass is 9.92. The van der Waals surface area contributed by atoms with Crippen molar-refractivity contribution in [1.82, 2.24) is 4.90 Å². The van der Waals surface area contributed by atoms with E-state index in [9.17, 15) is 0 Å². The van der Waals surface area contributed by atoms with Crippen LogP contribution in [0, 0.1) is 5.41 Å². The van der Waals surface area contributed by atoms with E-state index in [0.29, 0.717) is 5.41 Å². The molecule has 1 fully saturated rings. The van der Waals surface area contributed by atoms with Gasteiger partial charge in [0.25, 0.3) is 0 Å². The van der Waals surface area contributed by atoms with Gasteiger partial charge in [-0.05, 0) is 50.7 Å². The van der Waals surface area contributed by atoms with Gasteiger partial charge in [0, 0.05) is 6.04 Å². The highest BCUT2D eigenvalue weighted by atomic mass is 15.2. The molecule has 2 heteroatoms. The van der Waals surface area contributed by atoms with Gasteiger partial charge in [0.2, 0.25) is 0 Å². The topological polar surface area (TPSA) is 29.3 Å². The maximum atomic E-state index is 5.63. The Morgan fingerprint density at radius 3 is 2.25 bits per heavy atom. The third-order valence-electron chi connectivity index (χ3n) is 3.64. The van der Waals surface area contributed by atoms with E-state index in [4.69, 9.17) is 5.73 Å². The summed E-state index contributed by atoms with van der Waals surface area (Å²) in [4.78, 5) is 2.70. The molecule has 0 aromatic carbocycles. The minimum absolute atomic E-state index is 0.458. The third-order valence-corrected chi connectivity index (χ3v) is 3.64. The molecule has 16 heavy (non-hydrogen) atoms. The standard InChI is InChI=1S/C14H30N2/c1-14(2,3)9-12-16(11-6-10-15)13-7-4-5-8-13/h13H,4-12,15H2,1-3H3. The molecule has 0 saturated heterocycles. The van der Waals surface area contributed by atoms with Crippen LogP contribution >= 0.6 is 0 Å². The number of hydrogen-bond acceptors (Lipinski definition) is 2. The average molecular weight is 226 g/mol. The molecular weight excluding hydrogens is 196 g/mol. The van der Waals surface area contributed by atoms with Crippen LogP contribution in [0.2, 0.25) is 0 Å². The van der Waals surface area contributed by atoms with Gasteiger partial charge < -0.3 is 10.6 Å². The number of nitrogens with zero attached hydrogens (tertiary/aromatic N) is 1. The first-order valence-corrected chi connectivity index (χ1v) is 6.97. The summed E-state index contributed by atoms with van der Waals surface area (Å²) in [5.74, 6) is 0. The Hall–Kier alpha value is -0.0800. The molecule has 0 aromatic rings. The Labute approximate surface area is 102 Å². The molecule has 0 aromatic heterocycles. The fourth-order valence-corrected chi connectivity index (χ4v) is 2.52. The van der Waals surface area contributed by atoms with Gasteiger partial charge >= 0.3 is 0 Å². The molecule has 1 rings (SSSR count). The highest BCUT2D eigenvalue weighted by Crippen LogP contribution is 2.26. The minimum atomic E-state index is 0.458. The van der Waals surface area contributed by atoms with Gasteiger partial charge in [0.05, 0.1) is 0 Å². The van der Waals surface area contributed by atoms with Crippen molar-refractivity contribution < 1.29 is 0 Å². The molecule has 0 amide bonds. The van der Waals surface area contributed by atoms with E-state index in [-0.39, 0.29) is 0 Å². The van der Waals surface area contributed by atoms with Gasteiger partial charge in [0.15, 0.2) is 0 Å². The van der Waals surface area contributed by atoms with Crippen molar-refractivity contribution in [2.24, 2.45) is 11.1 Å². The van der Waals surface area contributed by atoms with Crippen LogP contribution in [-0.4, -0.2) is 30.6 Å². The molecule has 0 radical (unpaired) electrons. The lowest BCUT2D eigenvalue weighted by Gasteiger charge is -2.31. The summed E-state index contributed by atoms with van der Waals surface area (Å²) in [5, 5.41) is 0. The van der Waals surface area contributed by atoms with Gasteiger partial charge in [-0.2, -0.15) is 0 Å². The van der Waals surface area contributed by atoms with Crippen molar-refractivity contribution in [3.05, 3.63) is 0 Å². The Kier molecular flexibility index (Phi) is 5.77. The second-order valence-corrected chi connectivity index (χ2v) is 6.43. The van der Waals surface area contributed by atoms with E-state index in [1.807, 2.05) is 0 Å². The van der Waals surface area contributed by atoms with Crippen molar-refractivity contribution in [1.29, 1.82) is 0 Å². The summed E-state index contributed by atoms with van der Waals surface area (Å²) >= 11 is 0. The first kappa shape index (κ1) is 14.0. The number of hydrogen-bond donors (Lipinski definition) is 1. The van der Waals surface area contributed by atoms with Gasteiger partial charge in [0.1, 0.15) is 0 Å². The zero-order valence-corrected chi connectivity index (χ0v) is 11.5. The van der Waals surface area contributed by atoms with Crippen molar-refractivity contribution in [3.8, 4) is 0 Å². The monoisotopic (exact) mass is 226 g/mol. The molecule has 1 aliphatic carbocycles. The zero-order chi connectivity index (χ0) is 12.0. The normalized spacial score (nSPS) is 18.6. The number of rotatable bonds is 6. The van der Waals surface area contributed by atoms with Gasteiger partial charge in [-0.3, -0.25) is 0 Å². The van der Waals surface area contributed by atoms with Crippen LogP contribution in [-0.2, 0) is 0 Å². The molecule has 0 bridgehead atoms. The van der Waals surface area contributed by atoms with E-state index in [1.54, 1.807) is 0 Å². The van der Waals surface area contributed by atoms with Gasteiger partial charge in [-0.15, -0.1) is 0 Å².